The zero-order valence-electron chi connectivity index (χ0n) is 16.5. The highest BCUT2D eigenvalue weighted by Gasteiger charge is 2.24. The molecule has 0 saturated heterocycles. The van der Waals surface area contributed by atoms with Crippen LogP contribution in [0.15, 0.2) is 71.7 Å². The van der Waals surface area contributed by atoms with Gasteiger partial charge in [-0.1, -0.05) is 41.9 Å². The molecule has 0 N–H and O–H groups in total. The van der Waals surface area contributed by atoms with Crippen LogP contribution in [0, 0.1) is 0 Å². The second kappa shape index (κ2) is 8.63. The molecule has 0 spiro atoms. The smallest absolute Gasteiger partial charge is 0.255 e. The van der Waals surface area contributed by atoms with Gasteiger partial charge >= 0.3 is 0 Å². The van der Waals surface area contributed by atoms with Crippen molar-refractivity contribution in [1.82, 2.24) is 9.47 Å². The number of para-hydroxylation sites is 2. The van der Waals surface area contributed by atoms with Gasteiger partial charge in [0.15, 0.2) is 17.6 Å². The maximum absolute atomic E-state index is 12.9. The Kier molecular flexibility index (Phi) is 5.77. The predicted molar refractivity (Wildman–Crippen MR) is 115 cm³/mol. The van der Waals surface area contributed by atoms with E-state index in [9.17, 15) is 9.59 Å². The van der Waals surface area contributed by atoms with E-state index in [-0.39, 0.29) is 17.6 Å². The summed E-state index contributed by atoms with van der Waals surface area (Å²) in [5, 5.41) is 0.577. The molecule has 1 atom stereocenters. The van der Waals surface area contributed by atoms with Gasteiger partial charge in [0, 0.05) is 24.3 Å². The third-order valence-corrected chi connectivity index (χ3v) is 5.29. The summed E-state index contributed by atoms with van der Waals surface area (Å²) in [6.45, 7) is 1.01. The van der Waals surface area contributed by atoms with E-state index in [1.165, 1.54) is 16.7 Å². The molecule has 0 fully saturated rings. The monoisotopic (exact) mass is 424 g/mol. The van der Waals surface area contributed by atoms with Gasteiger partial charge in [0.1, 0.15) is 6.61 Å². The van der Waals surface area contributed by atoms with Crippen LogP contribution in [-0.2, 0) is 6.54 Å². The van der Waals surface area contributed by atoms with Gasteiger partial charge in [-0.2, -0.15) is 0 Å². The molecule has 1 aliphatic rings. The third kappa shape index (κ3) is 4.33. The van der Waals surface area contributed by atoms with Gasteiger partial charge in [-0.25, -0.2) is 0 Å². The van der Waals surface area contributed by atoms with Crippen molar-refractivity contribution >= 4 is 17.5 Å². The van der Waals surface area contributed by atoms with Crippen LogP contribution in [0.2, 0.25) is 5.02 Å². The third-order valence-electron chi connectivity index (χ3n) is 4.92. The van der Waals surface area contributed by atoms with Crippen LogP contribution in [0.5, 0.6) is 11.5 Å². The fraction of sp³-hybridized carbons (Fsp3) is 0.217. The minimum absolute atomic E-state index is 0.199. The summed E-state index contributed by atoms with van der Waals surface area (Å²) < 4.78 is 13.1. The normalized spacial score (nSPS) is 14.9. The number of nitrogens with zero attached hydrogens (tertiary/aromatic N) is 2. The van der Waals surface area contributed by atoms with Gasteiger partial charge in [-0.15, -0.1) is 0 Å². The van der Waals surface area contributed by atoms with Crippen molar-refractivity contribution in [2.24, 2.45) is 0 Å². The van der Waals surface area contributed by atoms with Crippen LogP contribution in [0.3, 0.4) is 0 Å². The molecule has 6 nitrogen and oxygen atoms in total. The number of aromatic nitrogens is 1. The molecule has 154 valence electrons. The van der Waals surface area contributed by atoms with Gasteiger partial charge in [-0.05, 0) is 29.8 Å². The van der Waals surface area contributed by atoms with Crippen molar-refractivity contribution in [1.29, 1.82) is 0 Å². The molecular formula is C23H21ClN2O4. The van der Waals surface area contributed by atoms with Gasteiger partial charge in [0.25, 0.3) is 11.5 Å². The molecule has 7 heteroatoms. The number of carbonyl (C=O) groups is 1. The summed E-state index contributed by atoms with van der Waals surface area (Å²) in [6.07, 6.45) is 1.29. The largest absolute Gasteiger partial charge is 0.486 e. The van der Waals surface area contributed by atoms with E-state index in [2.05, 4.69) is 0 Å². The van der Waals surface area contributed by atoms with Crippen LogP contribution in [0.1, 0.15) is 15.9 Å². The molecular weight excluding hydrogens is 404 g/mol. The number of fused-ring (bicyclic) bond motifs is 1. The maximum Gasteiger partial charge on any atom is 0.255 e. The zero-order chi connectivity index (χ0) is 21.1. The number of likely N-dealkylation sites (N-methyl/N-ethyl adjacent to an activating group) is 1. The summed E-state index contributed by atoms with van der Waals surface area (Å²) in [6, 6.07) is 17.7. The number of halogens is 1. The van der Waals surface area contributed by atoms with Gasteiger partial charge < -0.3 is 18.9 Å². The molecule has 1 aliphatic heterocycles. The van der Waals surface area contributed by atoms with Crippen LogP contribution in [0.25, 0.3) is 0 Å². The number of benzene rings is 2. The second-order valence-electron chi connectivity index (χ2n) is 7.16. The van der Waals surface area contributed by atoms with Crippen molar-refractivity contribution in [3.05, 3.63) is 93.4 Å². The van der Waals surface area contributed by atoms with Crippen molar-refractivity contribution in [2.75, 3.05) is 20.2 Å². The molecule has 0 unspecified atom stereocenters. The average Bonchev–Trinajstić information content (AvgIpc) is 2.76. The number of ether oxygens (including phenoxy) is 2. The molecule has 3 aromatic rings. The summed E-state index contributed by atoms with van der Waals surface area (Å²) >= 11 is 6.21. The van der Waals surface area contributed by atoms with Crippen LogP contribution < -0.4 is 15.0 Å². The highest BCUT2D eigenvalue weighted by molar-refractivity contribution is 6.31. The Hall–Kier alpha value is -3.25. The number of carbonyl (C=O) groups excluding carboxylic acids is 1. The molecule has 0 saturated carbocycles. The predicted octanol–water partition coefficient (Wildman–Crippen LogP) is 3.46. The first-order valence-electron chi connectivity index (χ1n) is 9.59. The standard InChI is InChI=1S/C23H21ClN2O4/c1-25(14-18-15-29-20-8-4-5-9-21(20)30-18)23(28)17-10-11-22(27)26(13-17)12-16-6-2-3-7-19(16)24/h2-11,13,18H,12,14-15H2,1H3/t18-/m1/s1. The van der Waals surface area contributed by atoms with Gasteiger partial charge in [0.05, 0.1) is 18.7 Å². The highest BCUT2D eigenvalue weighted by atomic mass is 35.5. The number of hydrogen-bond acceptors (Lipinski definition) is 4. The minimum atomic E-state index is -0.275. The molecule has 4 rings (SSSR count). The first-order valence-corrected chi connectivity index (χ1v) is 9.97. The second-order valence-corrected chi connectivity index (χ2v) is 7.57. The van der Waals surface area contributed by atoms with Crippen LogP contribution >= 0.6 is 11.6 Å². The lowest BCUT2D eigenvalue weighted by Gasteiger charge is -2.29. The Morgan fingerprint density at radius 1 is 1.10 bits per heavy atom. The minimum Gasteiger partial charge on any atom is -0.486 e. The average molecular weight is 425 g/mol. The Labute approximate surface area is 179 Å². The van der Waals surface area contributed by atoms with Crippen LogP contribution in [0.4, 0.5) is 0 Å². The van der Waals surface area contributed by atoms with E-state index in [0.29, 0.717) is 41.8 Å². The summed E-state index contributed by atoms with van der Waals surface area (Å²) in [5.41, 5.74) is 1.03. The van der Waals surface area contributed by atoms with E-state index >= 15 is 0 Å². The highest BCUT2D eigenvalue weighted by Crippen LogP contribution is 2.31. The van der Waals surface area contributed by atoms with E-state index < -0.39 is 0 Å². The van der Waals surface area contributed by atoms with Crippen LogP contribution in [-0.4, -0.2) is 41.7 Å². The SMILES string of the molecule is CN(C[C@@H]1COc2ccccc2O1)C(=O)c1ccc(=O)n(Cc2ccccc2Cl)c1. The molecule has 30 heavy (non-hydrogen) atoms. The van der Waals surface area contributed by atoms with Crippen molar-refractivity contribution < 1.29 is 14.3 Å². The molecule has 2 aromatic carbocycles. The lowest BCUT2D eigenvalue weighted by atomic mass is 10.2. The first kappa shape index (κ1) is 20.0. The van der Waals surface area contributed by atoms with Gasteiger partial charge in [-0.3, -0.25) is 9.59 Å². The molecule has 0 radical (unpaired) electrons. The van der Waals surface area contributed by atoms with Crippen molar-refractivity contribution in [3.63, 3.8) is 0 Å². The first-order chi connectivity index (χ1) is 14.5. The Morgan fingerprint density at radius 2 is 1.83 bits per heavy atom. The molecule has 0 bridgehead atoms. The number of rotatable bonds is 5. The summed E-state index contributed by atoms with van der Waals surface area (Å²) in [7, 11) is 1.70. The maximum atomic E-state index is 12.9. The van der Waals surface area contributed by atoms with E-state index in [1.807, 2.05) is 42.5 Å². The number of hydrogen-bond donors (Lipinski definition) is 0. The number of amides is 1. The summed E-state index contributed by atoms with van der Waals surface area (Å²) in [5.74, 6) is 1.17. The van der Waals surface area contributed by atoms with E-state index in [4.69, 9.17) is 21.1 Å². The Bertz CT molecular complexity index is 1130. The molecule has 2 heterocycles. The topological polar surface area (TPSA) is 60.8 Å². The van der Waals surface area contributed by atoms with E-state index in [1.54, 1.807) is 24.2 Å². The Balaban J connectivity index is 1.47. The molecule has 1 amide bonds. The van der Waals surface area contributed by atoms with Crippen molar-refractivity contribution in [2.45, 2.75) is 12.6 Å². The van der Waals surface area contributed by atoms with Crippen molar-refractivity contribution in [3.8, 4) is 11.5 Å². The molecule has 0 aliphatic carbocycles. The fourth-order valence-corrected chi connectivity index (χ4v) is 3.55. The lowest BCUT2D eigenvalue weighted by Crippen LogP contribution is -2.42. The van der Waals surface area contributed by atoms with Gasteiger partial charge in [0.2, 0.25) is 0 Å². The molecule has 1 aromatic heterocycles. The lowest BCUT2D eigenvalue weighted by molar-refractivity contribution is 0.0520. The fourth-order valence-electron chi connectivity index (χ4n) is 3.35. The zero-order valence-corrected chi connectivity index (χ0v) is 17.2. The Morgan fingerprint density at radius 3 is 2.63 bits per heavy atom. The van der Waals surface area contributed by atoms with E-state index in [0.717, 1.165) is 5.56 Å². The summed E-state index contributed by atoms with van der Waals surface area (Å²) in [4.78, 5) is 26.8. The quantitative estimate of drug-likeness (QED) is 0.629. The number of pyridine rings is 1.